The molecule has 1 aliphatic heterocycles. The minimum Gasteiger partial charge on any atom is -0.508 e. The van der Waals surface area contributed by atoms with Crippen LogP contribution >= 0.6 is 0 Å². The zero-order valence-corrected chi connectivity index (χ0v) is 21.9. The van der Waals surface area contributed by atoms with E-state index >= 15 is 0 Å². The molecule has 4 rings (SSSR count). The highest BCUT2D eigenvalue weighted by Gasteiger charge is 2.29. The number of nitrogens with zero attached hydrogens (tertiary/aromatic N) is 1. The third-order valence-electron chi connectivity index (χ3n) is 6.97. The van der Waals surface area contributed by atoms with Crippen molar-refractivity contribution >= 4 is 23.6 Å². The average Bonchev–Trinajstić information content (AvgIpc) is 3.74. The number of esters is 1. The summed E-state index contributed by atoms with van der Waals surface area (Å²) in [6, 6.07) is 11.7. The van der Waals surface area contributed by atoms with Gasteiger partial charge in [0.1, 0.15) is 11.8 Å². The van der Waals surface area contributed by atoms with E-state index in [0.717, 1.165) is 50.4 Å². The number of anilines is 1. The van der Waals surface area contributed by atoms with E-state index in [1.54, 1.807) is 55.5 Å². The number of hydrogen-bond donors (Lipinski definition) is 4. The van der Waals surface area contributed by atoms with Crippen LogP contribution in [0.5, 0.6) is 5.75 Å². The molecule has 1 aliphatic carbocycles. The molecule has 1 saturated heterocycles. The Morgan fingerprint density at radius 2 is 1.76 bits per heavy atom. The Balaban J connectivity index is 1.39. The summed E-state index contributed by atoms with van der Waals surface area (Å²) in [6.45, 7) is 5.01. The van der Waals surface area contributed by atoms with Crippen molar-refractivity contribution < 1.29 is 24.2 Å². The first-order valence-electron chi connectivity index (χ1n) is 13.5. The predicted octanol–water partition coefficient (Wildman–Crippen LogP) is 3.68. The van der Waals surface area contributed by atoms with Gasteiger partial charge in [0.2, 0.25) is 5.91 Å². The number of ether oxygens (including phenoxy) is 1. The molecule has 2 aromatic carbocycles. The standard InChI is InChI=1S/C29H38N4O5/c1-2-38-28(36)22-10-12-23(13-11-22)31-29(37)32-26(17-20-8-14-25(34)15-9-20)27(35)30-24-5-3-4-16-33(19-24)18-21-6-7-21/h8-15,21,24,26,34H,2-7,16-19H2,1H3,(H,30,35)(H2,31,32,37)/t24?,26-/m0/s1. The van der Waals surface area contributed by atoms with Gasteiger partial charge in [-0.1, -0.05) is 18.6 Å². The van der Waals surface area contributed by atoms with Crippen molar-refractivity contribution in [1.82, 2.24) is 15.5 Å². The average molecular weight is 523 g/mol. The molecule has 1 unspecified atom stereocenters. The molecule has 3 amide bonds. The molecule has 204 valence electrons. The summed E-state index contributed by atoms with van der Waals surface area (Å²) in [7, 11) is 0. The number of phenolic OH excluding ortho intramolecular Hbond substituents is 1. The molecule has 9 nitrogen and oxygen atoms in total. The molecule has 2 aromatic rings. The van der Waals surface area contributed by atoms with Crippen LogP contribution in [0.2, 0.25) is 0 Å². The molecule has 1 heterocycles. The number of carbonyl (C=O) groups excluding carboxylic acids is 3. The minimum absolute atomic E-state index is 0.0337. The highest BCUT2D eigenvalue weighted by molar-refractivity contribution is 5.95. The van der Waals surface area contributed by atoms with Crippen molar-refractivity contribution in [2.75, 3.05) is 31.6 Å². The summed E-state index contributed by atoms with van der Waals surface area (Å²) in [6.07, 6.45) is 5.98. The van der Waals surface area contributed by atoms with E-state index in [0.29, 0.717) is 11.3 Å². The zero-order chi connectivity index (χ0) is 26.9. The van der Waals surface area contributed by atoms with E-state index in [9.17, 15) is 19.5 Å². The Morgan fingerprint density at radius 1 is 1.03 bits per heavy atom. The molecular formula is C29H38N4O5. The summed E-state index contributed by atoms with van der Waals surface area (Å²) in [5, 5.41) is 18.4. The van der Waals surface area contributed by atoms with Crippen molar-refractivity contribution in [3.8, 4) is 5.75 Å². The second kappa shape index (κ2) is 13.3. The van der Waals surface area contributed by atoms with Crippen molar-refractivity contribution in [3.63, 3.8) is 0 Å². The van der Waals surface area contributed by atoms with Crippen molar-refractivity contribution in [1.29, 1.82) is 0 Å². The third-order valence-corrected chi connectivity index (χ3v) is 6.97. The van der Waals surface area contributed by atoms with E-state index in [1.165, 1.54) is 12.8 Å². The fraction of sp³-hybridized carbons (Fsp3) is 0.483. The van der Waals surface area contributed by atoms with Crippen LogP contribution in [0.25, 0.3) is 0 Å². The number of likely N-dealkylation sites (tertiary alicyclic amines) is 1. The summed E-state index contributed by atoms with van der Waals surface area (Å²) in [4.78, 5) is 40.6. The van der Waals surface area contributed by atoms with Gasteiger partial charge in [-0.3, -0.25) is 4.79 Å². The third kappa shape index (κ3) is 8.48. The highest BCUT2D eigenvalue weighted by Crippen LogP contribution is 2.30. The number of hydrogen-bond acceptors (Lipinski definition) is 6. The van der Waals surface area contributed by atoms with Gasteiger partial charge in [0, 0.05) is 31.2 Å². The molecule has 9 heteroatoms. The summed E-state index contributed by atoms with van der Waals surface area (Å²) in [5.41, 5.74) is 1.69. The van der Waals surface area contributed by atoms with Crippen LogP contribution in [0.4, 0.5) is 10.5 Å². The molecule has 0 radical (unpaired) electrons. The van der Waals surface area contributed by atoms with Gasteiger partial charge in [0.25, 0.3) is 0 Å². The number of carbonyl (C=O) groups is 3. The molecule has 2 aliphatic rings. The van der Waals surface area contributed by atoms with Gasteiger partial charge in [-0.15, -0.1) is 0 Å². The fourth-order valence-corrected chi connectivity index (χ4v) is 4.78. The molecule has 0 aromatic heterocycles. The van der Waals surface area contributed by atoms with Gasteiger partial charge in [-0.25, -0.2) is 9.59 Å². The number of rotatable bonds is 10. The Hall–Kier alpha value is -3.59. The summed E-state index contributed by atoms with van der Waals surface area (Å²) < 4.78 is 4.99. The maximum Gasteiger partial charge on any atom is 0.338 e. The Kier molecular flexibility index (Phi) is 9.59. The first-order valence-corrected chi connectivity index (χ1v) is 13.5. The van der Waals surface area contributed by atoms with E-state index in [1.807, 2.05) is 0 Å². The van der Waals surface area contributed by atoms with E-state index in [4.69, 9.17) is 4.74 Å². The van der Waals surface area contributed by atoms with Crippen molar-refractivity contribution in [2.45, 2.75) is 57.5 Å². The van der Waals surface area contributed by atoms with Gasteiger partial charge in [0.15, 0.2) is 0 Å². The number of benzene rings is 2. The molecule has 2 fully saturated rings. The van der Waals surface area contributed by atoms with Crippen LogP contribution in [-0.2, 0) is 16.0 Å². The number of amides is 3. The van der Waals surface area contributed by atoms with Crippen LogP contribution in [-0.4, -0.2) is 66.2 Å². The molecule has 4 N–H and O–H groups in total. The number of aromatic hydroxyl groups is 1. The van der Waals surface area contributed by atoms with Crippen LogP contribution < -0.4 is 16.0 Å². The molecule has 0 spiro atoms. The van der Waals surface area contributed by atoms with Gasteiger partial charge < -0.3 is 30.7 Å². The smallest absolute Gasteiger partial charge is 0.338 e. The number of urea groups is 1. The monoisotopic (exact) mass is 522 g/mol. The topological polar surface area (TPSA) is 120 Å². The van der Waals surface area contributed by atoms with E-state index in [-0.39, 0.29) is 30.7 Å². The summed E-state index contributed by atoms with van der Waals surface area (Å²) in [5.74, 6) is 0.275. The van der Waals surface area contributed by atoms with E-state index < -0.39 is 18.0 Å². The molecule has 0 bridgehead atoms. The zero-order valence-electron chi connectivity index (χ0n) is 21.9. The second-order valence-corrected chi connectivity index (χ2v) is 10.2. The molecular weight excluding hydrogens is 484 g/mol. The molecule has 38 heavy (non-hydrogen) atoms. The number of nitrogens with one attached hydrogen (secondary N) is 3. The van der Waals surface area contributed by atoms with E-state index in [2.05, 4.69) is 20.9 Å². The quantitative estimate of drug-likeness (QED) is 0.354. The Bertz CT molecular complexity index is 1090. The van der Waals surface area contributed by atoms with Gasteiger partial charge in [-0.2, -0.15) is 0 Å². The lowest BCUT2D eigenvalue weighted by molar-refractivity contribution is -0.123. The molecule has 2 atom stereocenters. The predicted molar refractivity (Wildman–Crippen MR) is 145 cm³/mol. The van der Waals surface area contributed by atoms with Gasteiger partial charge >= 0.3 is 12.0 Å². The summed E-state index contributed by atoms with van der Waals surface area (Å²) >= 11 is 0. The van der Waals surface area contributed by atoms with Crippen LogP contribution in [0.1, 0.15) is 54.9 Å². The maximum absolute atomic E-state index is 13.4. The highest BCUT2D eigenvalue weighted by atomic mass is 16.5. The maximum atomic E-state index is 13.4. The van der Waals surface area contributed by atoms with Gasteiger partial charge in [0.05, 0.1) is 12.2 Å². The lowest BCUT2D eigenvalue weighted by atomic mass is 10.0. The fourth-order valence-electron chi connectivity index (χ4n) is 4.78. The van der Waals surface area contributed by atoms with Crippen LogP contribution in [0.15, 0.2) is 48.5 Å². The SMILES string of the molecule is CCOC(=O)c1ccc(NC(=O)N[C@@H](Cc2ccc(O)cc2)C(=O)NC2CCCCN(CC3CC3)C2)cc1. The normalized spacial score (nSPS) is 18.6. The minimum atomic E-state index is -0.807. The number of phenols is 1. The Labute approximate surface area is 223 Å². The van der Waals surface area contributed by atoms with Crippen molar-refractivity contribution in [2.24, 2.45) is 5.92 Å². The first kappa shape index (κ1) is 27.4. The first-order chi connectivity index (χ1) is 18.4. The van der Waals surface area contributed by atoms with Crippen LogP contribution in [0.3, 0.4) is 0 Å². The lowest BCUT2D eigenvalue weighted by Crippen LogP contribution is -2.53. The van der Waals surface area contributed by atoms with Crippen molar-refractivity contribution in [3.05, 3.63) is 59.7 Å². The van der Waals surface area contributed by atoms with Crippen LogP contribution in [0, 0.1) is 5.92 Å². The lowest BCUT2D eigenvalue weighted by Gasteiger charge is -2.27. The second-order valence-electron chi connectivity index (χ2n) is 10.2. The Morgan fingerprint density at radius 3 is 2.45 bits per heavy atom. The van der Waals surface area contributed by atoms with Gasteiger partial charge in [-0.05, 0) is 87.0 Å². The molecule has 1 saturated carbocycles. The largest absolute Gasteiger partial charge is 0.508 e.